The van der Waals surface area contributed by atoms with Crippen LogP contribution in [0.5, 0.6) is 0 Å². The average Bonchev–Trinajstić information content (AvgIpc) is 3.28. The van der Waals surface area contributed by atoms with Crippen LogP contribution < -0.4 is 5.32 Å². The summed E-state index contributed by atoms with van der Waals surface area (Å²) in [5, 5.41) is 11.5. The summed E-state index contributed by atoms with van der Waals surface area (Å²) in [5.74, 6) is 1.33. The third-order valence-corrected chi connectivity index (χ3v) is 5.22. The number of morpholine rings is 1. The molecule has 1 fully saturated rings. The summed E-state index contributed by atoms with van der Waals surface area (Å²) in [7, 11) is 1.67. The van der Waals surface area contributed by atoms with Crippen LogP contribution in [0.15, 0.2) is 65.9 Å². The minimum Gasteiger partial charge on any atom is -0.370 e. The molecule has 0 radical (unpaired) electrons. The number of para-hydroxylation sites is 1. The molecule has 4 rings (SSSR count). The van der Waals surface area contributed by atoms with Crippen molar-refractivity contribution in [2.45, 2.75) is 18.8 Å². The monoisotopic (exact) mass is 572 g/mol. The van der Waals surface area contributed by atoms with Gasteiger partial charge < -0.3 is 15.0 Å². The quantitative estimate of drug-likeness (QED) is 0.291. The Morgan fingerprint density at radius 2 is 1.97 bits per heavy atom. The lowest BCUT2D eigenvalue weighted by Gasteiger charge is -2.35. The lowest BCUT2D eigenvalue weighted by Crippen LogP contribution is -2.48. The molecule has 0 spiro atoms. The number of halogens is 4. The molecule has 7 nitrogen and oxygen atoms in total. The third kappa shape index (κ3) is 6.02. The molecular formula is C22H24F3IN6O. The molecule has 0 bridgehead atoms. The van der Waals surface area contributed by atoms with E-state index in [4.69, 9.17) is 4.74 Å². The minimum atomic E-state index is -4.39. The fourth-order valence-electron chi connectivity index (χ4n) is 3.63. The Morgan fingerprint density at radius 3 is 2.70 bits per heavy atom. The first kappa shape index (κ1) is 25.0. The summed E-state index contributed by atoms with van der Waals surface area (Å²) in [6.45, 7) is 1.71. The van der Waals surface area contributed by atoms with Gasteiger partial charge in [-0.3, -0.25) is 9.56 Å². The molecule has 1 atom stereocenters. The smallest absolute Gasteiger partial charge is 0.370 e. The number of rotatable bonds is 4. The van der Waals surface area contributed by atoms with Gasteiger partial charge in [-0.05, 0) is 29.8 Å². The Labute approximate surface area is 206 Å². The molecule has 2 aromatic carbocycles. The van der Waals surface area contributed by atoms with Crippen LogP contribution in [-0.2, 0) is 17.5 Å². The molecule has 3 aromatic rings. The normalized spacial score (nSPS) is 16.9. The summed E-state index contributed by atoms with van der Waals surface area (Å²) in [4.78, 5) is 6.31. The van der Waals surface area contributed by atoms with Crippen LogP contribution in [0.25, 0.3) is 5.69 Å². The van der Waals surface area contributed by atoms with Crippen molar-refractivity contribution in [3.8, 4) is 5.69 Å². The molecule has 1 aliphatic rings. The summed E-state index contributed by atoms with van der Waals surface area (Å²) < 4.78 is 46.9. The highest BCUT2D eigenvalue weighted by Gasteiger charge is 2.32. The standard InChI is InChI=1S/C22H23F3N6O.HI/c1-26-21(27-13-20-29-28-15-31(20)18-8-3-2-4-9-18)30-10-11-32-19(14-30)16-6-5-7-17(12-16)22(23,24)25;/h2-9,12,15,19H,10-11,13-14H2,1H3,(H,26,27);1H. The van der Waals surface area contributed by atoms with E-state index in [9.17, 15) is 13.2 Å². The molecule has 1 aromatic heterocycles. The van der Waals surface area contributed by atoms with Crippen molar-refractivity contribution in [1.29, 1.82) is 0 Å². The van der Waals surface area contributed by atoms with E-state index in [0.717, 1.165) is 17.8 Å². The number of aliphatic imine (C=N–C) groups is 1. The predicted octanol–water partition coefficient (Wildman–Crippen LogP) is 4.05. The van der Waals surface area contributed by atoms with Crippen molar-refractivity contribution in [2.75, 3.05) is 26.7 Å². The zero-order valence-corrected chi connectivity index (χ0v) is 20.2. The van der Waals surface area contributed by atoms with Crippen LogP contribution in [0.3, 0.4) is 0 Å². The Bertz CT molecular complexity index is 1070. The molecule has 1 aliphatic heterocycles. The molecule has 176 valence electrons. The SMILES string of the molecule is CN=C(NCc1nncn1-c1ccccc1)N1CCOC(c2cccc(C(F)(F)F)c2)C1.I. The summed E-state index contributed by atoms with van der Waals surface area (Å²) in [6, 6.07) is 15.0. The minimum absolute atomic E-state index is 0. The number of guanidine groups is 1. The number of alkyl halides is 3. The van der Waals surface area contributed by atoms with E-state index in [1.807, 2.05) is 39.8 Å². The predicted molar refractivity (Wildman–Crippen MR) is 129 cm³/mol. The van der Waals surface area contributed by atoms with E-state index in [-0.39, 0.29) is 24.0 Å². The number of hydrogen-bond acceptors (Lipinski definition) is 4. The van der Waals surface area contributed by atoms with Crippen molar-refractivity contribution in [3.63, 3.8) is 0 Å². The average molecular weight is 572 g/mol. The molecule has 2 heterocycles. The Morgan fingerprint density at radius 1 is 1.18 bits per heavy atom. The molecule has 11 heteroatoms. The Balaban J connectivity index is 0.00000306. The highest BCUT2D eigenvalue weighted by molar-refractivity contribution is 14.0. The summed E-state index contributed by atoms with van der Waals surface area (Å²) in [5.41, 5.74) is 0.752. The summed E-state index contributed by atoms with van der Waals surface area (Å²) in [6.07, 6.45) is -3.23. The molecule has 1 N–H and O–H groups in total. The highest BCUT2D eigenvalue weighted by Crippen LogP contribution is 2.32. The van der Waals surface area contributed by atoms with Crippen LogP contribution in [0.1, 0.15) is 23.1 Å². The second-order valence-corrected chi connectivity index (χ2v) is 7.28. The van der Waals surface area contributed by atoms with Crippen molar-refractivity contribution in [2.24, 2.45) is 4.99 Å². The second-order valence-electron chi connectivity index (χ2n) is 7.28. The molecule has 0 aliphatic carbocycles. The number of nitrogens with zero attached hydrogens (tertiary/aromatic N) is 5. The maximum atomic E-state index is 13.1. The number of benzene rings is 2. The number of ether oxygens (including phenoxy) is 1. The highest BCUT2D eigenvalue weighted by atomic mass is 127. The van der Waals surface area contributed by atoms with E-state index < -0.39 is 17.8 Å². The first-order valence-corrected chi connectivity index (χ1v) is 10.1. The fourth-order valence-corrected chi connectivity index (χ4v) is 3.63. The van der Waals surface area contributed by atoms with Crippen molar-refractivity contribution in [3.05, 3.63) is 77.9 Å². The van der Waals surface area contributed by atoms with E-state index in [2.05, 4.69) is 20.5 Å². The van der Waals surface area contributed by atoms with Gasteiger partial charge in [-0.15, -0.1) is 34.2 Å². The molecule has 0 amide bonds. The largest absolute Gasteiger partial charge is 0.416 e. The second kappa shape index (κ2) is 11.0. The maximum Gasteiger partial charge on any atom is 0.416 e. The molecule has 33 heavy (non-hydrogen) atoms. The van der Waals surface area contributed by atoms with Gasteiger partial charge in [0.25, 0.3) is 0 Å². The van der Waals surface area contributed by atoms with Gasteiger partial charge in [-0.1, -0.05) is 30.3 Å². The zero-order valence-electron chi connectivity index (χ0n) is 17.9. The zero-order chi connectivity index (χ0) is 22.6. The first-order valence-electron chi connectivity index (χ1n) is 10.1. The fraction of sp³-hybridized carbons (Fsp3) is 0.318. The van der Waals surface area contributed by atoms with E-state index in [0.29, 0.717) is 43.6 Å². The number of hydrogen-bond donors (Lipinski definition) is 1. The van der Waals surface area contributed by atoms with Crippen LogP contribution in [-0.4, -0.2) is 52.4 Å². The van der Waals surface area contributed by atoms with Crippen molar-refractivity contribution >= 4 is 29.9 Å². The van der Waals surface area contributed by atoms with Crippen LogP contribution in [0.4, 0.5) is 13.2 Å². The van der Waals surface area contributed by atoms with Gasteiger partial charge in [0.15, 0.2) is 11.8 Å². The van der Waals surface area contributed by atoms with Crippen molar-refractivity contribution < 1.29 is 17.9 Å². The van der Waals surface area contributed by atoms with Gasteiger partial charge in [0.1, 0.15) is 12.4 Å². The molecular weight excluding hydrogens is 548 g/mol. The van der Waals surface area contributed by atoms with Gasteiger partial charge in [-0.25, -0.2) is 0 Å². The van der Waals surface area contributed by atoms with Crippen LogP contribution in [0, 0.1) is 0 Å². The van der Waals surface area contributed by atoms with E-state index in [1.54, 1.807) is 19.4 Å². The molecule has 1 saturated heterocycles. The van der Waals surface area contributed by atoms with Gasteiger partial charge >= 0.3 is 6.18 Å². The Kier molecular flexibility index (Phi) is 8.30. The topological polar surface area (TPSA) is 67.6 Å². The number of nitrogens with one attached hydrogen (secondary N) is 1. The van der Waals surface area contributed by atoms with Gasteiger partial charge in [-0.2, -0.15) is 13.2 Å². The van der Waals surface area contributed by atoms with Crippen molar-refractivity contribution in [1.82, 2.24) is 25.0 Å². The van der Waals surface area contributed by atoms with Gasteiger partial charge in [0, 0.05) is 19.3 Å². The van der Waals surface area contributed by atoms with Crippen LogP contribution >= 0.6 is 24.0 Å². The van der Waals surface area contributed by atoms with Crippen LogP contribution in [0.2, 0.25) is 0 Å². The maximum absolute atomic E-state index is 13.1. The first-order chi connectivity index (χ1) is 15.5. The molecule has 1 unspecified atom stereocenters. The Hall–Kier alpha value is -2.67. The molecule has 0 saturated carbocycles. The lowest BCUT2D eigenvalue weighted by molar-refractivity contribution is -0.137. The van der Waals surface area contributed by atoms with Gasteiger partial charge in [0.2, 0.25) is 0 Å². The van der Waals surface area contributed by atoms with E-state index in [1.165, 1.54) is 6.07 Å². The van der Waals surface area contributed by atoms with Gasteiger partial charge in [0.05, 0.1) is 25.3 Å². The third-order valence-electron chi connectivity index (χ3n) is 5.22. The summed E-state index contributed by atoms with van der Waals surface area (Å²) >= 11 is 0. The van der Waals surface area contributed by atoms with E-state index >= 15 is 0 Å². The number of aromatic nitrogens is 3. The lowest BCUT2D eigenvalue weighted by atomic mass is 10.0.